The van der Waals surface area contributed by atoms with E-state index in [9.17, 15) is 15.0 Å². The van der Waals surface area contributed by atoms with Crippen LogP contribution in [0.5, 0.6) is 5.75 Å². The Kier molecular flexibility index (Phi) is 4.66. The highest BCUT2D eigenvalue weighted by Crippen LogP contribution is 2.26. The first-order valence-electron chi connectivity index (χ1n) is 7.98. The van der Waals surface area contributed by atoms with Gasteiger partial charge in [0.2, 0.25) is 0 Å². The number of hydrogen-bond donors (Lipinski definition) is 2. The van der Waals surface area contributed by atoms with Crippen molar-refractivity contribution < 1.29 is 15.0 Å². The molecule has 0 bridgehead atoms. The number of hydrogen-bond acceptors (Lipinski definition) is 5. The van der Waals surface area contributed by atoms with Gasteiger partial charge in [0, 0.05) is 32.4 Å². The number of carboxylic acids is 1. The molecule has 6 nitrogen and oxygen atoms in total. The summed E-state index contributed by atoms with van der Waals surface area (Å²) in [6.45, 7) is 4.73. The quantitative estimate of drug-likeness (QED) is 0.895. The molecule has 1 fully saturated rings. The Labute approximate surface area is 141 Å². The van der Waals surface area contributed by atoms with E-state index in [2.05, 4.69) is 9.88 Å². The average molecular weight is 327 g/mol. The lowest BCUT2D eigenvalue weighted by Crippen LogP contribution is -2.49. The largest absolute Gasteiger partial charge is 0.508 e. The number of nitrogens with zero attached hydrogens (tertiary/aromatic N) is 3. The molecule has 2 heterocycles. The average Bonchev–Trinajstić information content (AvgIpc) is 2.56. The number of aromatic hydroxyl groups is 1. The number of benzene rings is 1. The van der Waals surface area contributed by atoms with Crippen molar-refractivity contribution in [3.8, 4) is 5.75 Å². The minimum atomic E-state index is -0.900. The first-order valence-corrected chi connectivity index (χ1v) is 7.98. The van der Waals surface area contributed by atoms with Crippen LogP contribution in [0.2, 0.25) is 0 Å². The summed E-state index contributed by atoms with van der Waals surface area (Å²) >= 11 is 0. The minimum Gasteiger partial charge on any atom is -0.508 e. The number of anilines is 1. The van der Waals surface area contributed by atoms with Gasteiger partial charge in [-0.3, -0.25) is 9.69 Å². The van der Waals surface area contributed by atoms with Crippen molar-refractivity contribution in [2.75, 3.05) is 31.1 Å². The molecule has 24 heavy (non-hydrogen) atoms. The first-order chi connectivity index (χ1) is 11.6. The normalized spacial score (nSPS) is 16.8. The van der Waals surface area contributed by atoms with E-state index in [1.807, 2.05) is 24.0 Å². The molecule has 0 saturated carbocycles. The van der Waals surface area contributed by atoms with Crippen molar-refractivity contribution in [3.63, 3.8) is 0 Å². The van der Waals surface area contributed by atoms with Gasteiger partial charge in [0.15, 0.2) is 0 Å². The number of carboxylic acid groups (broad SMARTS) is 1. The molecule has 0 radical (unpaired) electrons. The Morgan fingerprint density at radius 1 is 1.17 bits per heavy atom. The third kappa shape index (κ3) is 3.33. The van der Waals surface area contributed by atoms with Crippen LogP contribution in [-0.4, -0.2) is 52.2 Å². The number of aryl methyl sites for hydroxylation is 1. The molecule has 2 aromatic rings. The van der Waals surface area contributed by atoms with Crippen LogP contribution >= 0.6 is 0 Å². The van der Waals surface area contributed by atoms with Gasteiger partial charge in [-0.25, -0.2) is 4.98 Å². The summed E-state index contributed by atoms with van der Waals surface area (Å²) < 4.78 is 0. The van der Waals surface area contributed by atoms with Crippen LogP contribution in [0.3, 0.4) is 0 Å². The number of phenols is 1. The fraction of sp³-hybridized carbons (Fsp3) is 0.333. The van der Waals surface area contributed by atoms with Crippen LogP contribution in [0.15, 0.2) is 42.6 Å². The molecular weight excluding hydrogens is 306 g/mol. The van der Waals surface area contributed by atoms with E-state index in [1.165, 1.54) is 6.07 Å². The molecule has 1 aliphatic heterocycles. The molecule has 126 valence electrons. The number of pyridine rings is 1. The maximum absolute atomic E-state index is 11.8. The van der Waals surface area contributed by atoms with Crippen LogP contribution in [0.25, 0.3) is 0 Å². The molecule has 1 atom stereocenters. The van der Waals surface area contributed by atoms with E-state index < -0.39 is 12.0 Å². The second-order valence-electron chi connectivity index (χ2n) is 6.00. The van der Waals surface area contributed by atoms with Gasteiger partial charge in [0.05, 0.1) is 0 Å². The molecule has 3 rings (SSSR count). The van der Waals surface area contributed by atoms with E-state index in [1.54, 1.807) is 24.4 Å². The van der Waals surface area contributed by atoms with E-state index in [0.717, 1.165) is 24.5 Å². The second-order valence-corrected chi connectivity index (χ2v) is 6.00. The summed E-state index contributed by atoms with van der Waals surface area (Å²) in [6, 6.07) is 9.68. The van der Waals surface area contributed by atoms with Crippen molar-refractivity contribution in [2.45, 2.75) is 13.0 Å². The molecule has 1 aromatic heterocycles. The van der Waals surface area contributed by atoms with Crippen LogP contribution in [-0.2, 0) is 4.79 Å². The van der Waals surface area contributed by atoms with Gasteiger partial charge in [-0.15, -0.1) is 0 Å². The lowest BCUT2D eigenvalue weighted by atomic mass is 10.0. The summed E-state index contributed by atoms with van der Waals surface area (Å²) in [4.78, 5) is 20.3. The number of aromatic nitrogens is 1. The van der Waals surface area contributed by atoms with Crippen LogP contribution < -0.4 is 4.90 Å². The maximum atomic E-state index is 11.8. The number of phenolic OH excluding ortho intramolecular Hbond substituents is 1. The SMILES string of the molecule is Cc1cccnc1N1CCN([C@@H](C(=O)O)c2cccc(O)c2)CC1. The molecule has 1 saturated heterocycles. The number of aliphatic carboxylic acids is 1. The standard InChI is InChI=1S/C18H21N3O3/c1-13-4-3-7-19-17(13)21-10-8-20(9-11-21)16(18(23)24)14-5-2-6-15(22)12-14/h2-7,12,16,22H,8-11H2,1H3,(H,23,24)/t16-/m1/s1. The van der Waals surface area contributed by atoms with Crippen molar-refractivity contribution in [1.29, 1.82) is 0 Å². The van der Waals surface area contributed by atoms with Crippen LogP contribution in [0.1, 0.15) is 17.2 Å². The Morgan fingerprint density at radius 2 is 1.92 bits per heavy atom. The molecule has 1 aliphatic rings. The zero-order valence-electron chi connectivity index (χ0n) is 13.6. The van der Waals surface area contributed by atoms with Crippen molar-refractivity contribution in [2.24, 2.45) is 0 Å². The molecular formula is C18H21N3O3. The summed E-state index contributed by atoms with van der Waals surface area (Å²) in [7, 11) is 0. The van der Waals surface area contributed by atoms with Gasteiger partial charge >= 0.3 is 5.97 Å². The van der Waals surface area contributed by atoms with Gasteiger partial charge < -0.3 is 15.1 Å². The first kappa shape index (κ1) is 16.3. The van der Waals surface area contributed by atoms with Crippen LogP contribution in [0.4, 0.5) is 5.82 Å². The monoisotopic (exact) mass is 327 g/mol. The summed E-state index contributed by atoms with van der Waals surface area (Å²) in [5.74, 6) is 0.144. The van der Waals surface area contributed by atoms with E-state index >= 15 is 0 Å². The Morgan fingerprint density at radius 3 is 2.54 bits per heavy atom. The zero-order chi connectivity index (χ0) is 17.1. The highest BCUT2D eigenvalue weighted by Gasteiger charge is 2.31. The molecule has 2 N–H and O–H groups in total. The Balaban J connectivity index is 1.74. The number of rotatable bonds is 4. The molecule has 1 aromatic carbocycles. The highest BCUT2D eigenvalue weighted by molar-refractivity contribution is 5.75. The topological polar surface area (TPSA) is 76.9 Å². The Bertz CT molecular complexity index is 727. The fourth-order valence-electron chi connectivity index (χ4n) is 3.20. The van der Waals surface area contributed by atoms with E-state index in [-0.39, 0.29) is 5.75 Å². The Hall–Kier alpha value is -2.60. The van der Waals surface area contributed by atoms with Gasteiger partial charge in [-0.1, -0.05) is 18.2 Å². The summed E-state index contributed by atoms with van der Waals surface area (Å²) in [5, 5.41) is 19.3. The minimum absolute atomic E-state index is 0.0847. The number of carbonyl (C=O) groups is 1. The third-order valence-electron chi connectivity index (χ3n) is 4.38. The smallest absolute Gasteiger partial charge is 0.325 e. The molecule has 0 aliphatic carbocycles. The van der Waals surface area contributed by atoms with Gasteiger partial charge in [0.1, 0.15) is 17.6 Å². The van der Waals surface area contributed by atoms with Crippen LogP contribution in [0, 0.1) is 6.92 Å². The van der Waals surface area contributed by atoms with Crippen molar-refractivity contribution >= 4 is 11.8 Å². The molecule has 0 amide bonds. The highest BCUT2D eigenvalue weighted by atomic mass is 16.4. The number of piperazine rings is 1. The second kappa shape index (κ2) is 6.88. The zero-order valence-corrected chi connectivity index (χ0v) is 13.6. The predicted octanol–water partition coefficient (Wildman–Crippen LogP) is 2.04. The van der Waals surface area contributed by atoms with Gasteiger partial charge in [-0.2, -0.15) is 0 Å². The summed E-state index contributed by atoms with van der Waals surface area (Å²) in [6.07, 6.45) is 1.78. The van der Waals surface area contributed by atoms with Crippen molar-refractivity contribution in [3.05, 3.63) is 53.7 Å². The van der Waals surface area contributed by atoms with Crippen molar-refractivity contribution in [1.82, 2.24) is 9.88 Å². The lowest BCUT2D eigenvalue weighted by molar-refractivity contribution is -0.143. The van der Waals surface area contributed by atoms with E-state index in [4.69, 9.17) is 0 Å². The predicted molar refractivity (Wildman–Crippen MR) is 91.2 cm³/mol. The summed E-state index contributed by atoms with van der Waals surface area (Å²) in [5.41, 5.74) is 1.72. The molecule has 6 heteroatoms. The van der Waals surface area contributed by atoms with E-state index in [0.29, 0.717) is 18.7 Å². The third-order valence-corrected chi connectivity index (χ3v) is 4.38. The molecule has 0 spiro atoms. The van der Waals surface area contributed by atoms with Gasteiger partial charge in [-0.05, 0) is 36.2 Å². The maximum Gasteiger partial charge on any atom is 0.325 e. The van der Waals surface area contributed by atoms with Gasteiger partial charge in [0.25, 0.3) is 0 Å². The molecule has 0 unspecified atom stereocenters. The fourth-order valence-corrected chi connectivity index (χ4v) is 3.20. The lowest BCUT2D eigenvalue weighted by Gasteiger charge is -2.38.